The summed E-state index contributed by atoms with van der Waals surface area (Å²) in [5, 5.41) is 3.16. The van der Waals surface area contributed by atoms with Crippen LogP contribution >= 0.6 is 34.4 Å². The number of thioether (sulfide) groups is 1. The molecule has 3 aromatic heterocycles. The van der Waals surface area contributed by atoms with Crippen LogP contribution < -0.4 is 11.3 Å². The third-order valence-electron chi connectivity index (χ3n) is 3.07. The molecule has 0 unspecified atom stereocenters. The van der Waals surface area contributed by atoms with Crippen LogP contribution in [-0.4, -0.2) is 21.6 Å². The molecule has 5 nitrogen and oxygen atoms in total. The van der Waals surface area contributed by atoms with Gasteiger partial charge in [-0.3, -0.25) is 9.59 Å². The number of hydrogen-bond donors (Lipinski definition) is 2. The minimum atomic E-state index is -0.358. The minimum absolute atomic E-state index is 0.140. The van der Waals surface area contributed by atoms with Crippen molar-refractivity contribution in [1.82, 2.24) is 9.97 Å². The zero-order valence-corrected chi connectivity index (χ0v) is 14.2. The number of carbonyl (C=O) groups excluding carboxylic acids is 1. The van der Waals surface area contributed by atoms with Crippen LogP contribution in [0.15, 0.2) is 27.5 Å². The lowest BCUT2D eigenvalue weighted by molar-refractivity contribution is -0.117. The van der Waals surface area contributed by atoms with Crippen molar-refractivity contribution < 1.29 is 4.79 Å². The Bertz CT molecular complexity index is 881. The van der Waals surface area contributed by atoms with Crippen LogP contribution in [0.25, 0.3) is 20.7 Å². The SMILES string of the molecule is Cc1sc2nc(SCCC(N)=O)[nH]c(=O)c2c1-c1cccs1. The number of aryl methyl sites for hydroxylation is 1. The van der Waals surface area contributed by atoms with Gasteiger partial charge in [-0.15, -0.1) is 22.7 Å². The lowest BCUT2D eigenvalue weighted by Gasteiger charge is -2.00. The van der Waals surface area contributed by atoms with E-state index < -0.39 is 0 Å². The Hall–Kier alpha value is -1.64. The van der Waals surface area contributed by atoms with E-state index in [2.05, 4.69) is 9.97 Å². The number of fused-ring (bicyclic) bond motifs is 1. The zero-order chi connectivity index (χ0) is 15.7. The molecule has 3 N–H and O–H groups in total. The molecule has 0 spiro atoms. The maximum absolute atomic E-state index is 12.4. The summed E-state index contributed by atoms with van der Waals surface area (Å²) in [6.07, 6.45) is 0.260. The number of nitrogens with two attached hydrogens (primary N) is 1. The molecule has 0 bridgehead atoms. The summed E-state index contributed by atoms with van der Waals surface area (Å²) in [6, 6.07) is 3.98. The molecule has 0 aliphatic carbocycles. The Labute approximate surface area is 138 Å². The maximum atomic E-state index is 12.4. The molecule has 22 heavy (non-hydrogen) atoms. The average molecular weight is 351 g/mol. The van der Waals surface area contributed by atoms with E-state index in [0.29, 0.717) is 16.3 Å². The van der Waals surface area contributed by atoms with Crippen LogP contribution in [0.2, 0.25) is 0 Å². The van der Waals surface area contributed by atoms with Gasteiger partial charge in [-0.05, 0) is 18.4 Å². The number of nitrogens with zero attached hydrogens (tertiary/aromatic N) is 1. The fourth-order valence-corrected chi connectivity index (χ4v) is 4.94. The Morgan fingerprint density at radius 2 is 2.32 bits per heavy atom. The van der Waals surface area contributed by atoms with Gasteiger partial charge in [0.15, 0.2) is 5.16 Å². The predicted octanol–water partition coefficient (Wildman–Crippen LogP) is 2.99. The van der Waals surface area contributed by atoms with Gasteiger partial charge < -0.3 is 10.7 Å². The number of aromatic amines is 1. The molecule has 8 heteroatoms. The third-order valence-corrected chi connectivity index (χ3v) is 5.83. The Morgan fingerprint density at radius 1 is 1.50 bits per heavy atom. The number of amides is 1. The highest BCUT2D eigenvalue weighted by Gasteiger charge is 2.17. The molecule has 0 saturated carbocycles. The smallest absolute Gasteiger partial charge is 0.260 e. The summed E-state index contributed by atoms with van der Waals surface area (Å²) < 4.78 is 0. The molecular weight excluding hydrogens is 338 g/mol. The second kappa shape index (κ2) is 6.23. The van der Waals surface area contributed by atoms with Crippen LogP contribution in [0.3, 0.4) is 0 Å². The number of hydrogen-bond acceptors (Lipinski definition) is 6. The first-order valence-electron chi connectivity index (χ1n) is 6.54. The van der Waals surface area contributed by atoms with Gasteiger partial charge in [0.1, 0.15) is 4.83 Å². The minimum Gasteiger partial charge on any atom is -0.370 e. The number of thiophene rings is 2. The molecule has 0 radical (unpaired) electrons. The molecule has 0 atom stereocenters. The van der Waals surface area contributed by atoms with E-state index in [9.17, 15) is 9.59 Å². The molecule has 114 valence electrons. The van der Waals surface area contributed by atoms with Gasteiger partial charge >= 0.3 is 0 Å². The van der Waals surface area contributed by atoms with Crippen LogP contribution in [0.4, 0.5) is 0 Å². The Balaban J connectivity index is 2.02. The van der Waals surface area contributed by atoms with Crippen LogP contribution in [0.1, 0.15) is 11.3 Å². The van der Waals surface area contributed by atoms with Crippen molar-refractivity contribution in [3.63, 3.8) is 0 Å². The number of aromatic nitrogens is 2. The molecule has 0 aliphatic rings. The summed E-state index contributed by atoms with van der Waals surface area (Å²) in [7, 11) is 0. The van der Waals surface area contributed by atoms with Gasteiger partial charge in [0, 0.05) is 27.5 Å². The normalized spacial score (nSPS) is 11.1. The van der Waals surface area contributed by atoms with Gasteiger partial charge in [0.25, 0.3) is 5.56 Å². The van der Waals surface area contributed by atoms with E-state index in [4.69, 9.17) is 5.73 Å². The van der Waals surface area contributed by atoms with Crippen molar-refractivity contribution >= 4 is 50.6 Å². The van der Waals surface area contributed by atoms with E-state index >= 15 is 0 Å². The molecule has 0 fully saturated rings. The van der Waals surface area contributed by atoms with E-state index in [0.717, 1.165) is 20.1 Å². The monoisotopic (exact) mass is 351 g/mol. The largest absolute Gasteiger partial charge is 0.370 e. The number of nitrogens with one attached hydrogen (secondary N) is 1. The van der Waals surface area contributed by atoms with E-state index in [1.165, 1.54) is 23.1 Å². The molecule has 0 aliphatic heterocycles. The van der Waals surface area contributed by atoms with E-state index in [1.54, 1.807) is 11.3 Å². The number of carbonyl (C=O) groups is 1. The second-order valence-corrected chi connectivity index (χ2v) is 7.86. The van der Waals surface area contributed by atoms with Crippen molar-refractivity contribution in [2.24, 2.45) is 5.73 Å². The maximum Gasteiger partial charge on any atom is 0.260 e. The number of primary amides is 1. The molecule has 1 amide bonds. The standard InChI is InChI=1S/C14H13N3O2S3/c1-7-10(8-3-2-5-20-8)11-12(19)16-14(17-13(11)22-7)21-6-4-9(15)18/h2-3,5H,4,6H2,1H3,(H2,15,18)(H,16,17,19). The van der Waals surface area contributed by atoms with Gasteiger partial charge in [0.05, 0.1) is 5.39 Å². The molecule has 0 aromatic carbocycles. The van der Waals surface area contributed by atoms with Crippen molar-refractivity contribution in [2.75, 3.05) is 5.75 Å². The average Bonchev–Trinajstić information content (AvgIpc) is 3.04. The second-order valence-electron chi connectivity index (χ2n) is 4.63. The predicted molar refractivity (Wildman–Crippen MR) is 92.8 cm³/mol. The first-order chi connectivity index (χ1) is 10.6. The van der Waals surface area contributed by atoms with Crippen molar-refractivity contribution in [3.05, 3.63) is 32.7 Å². The van der Waals surface area contributed by atoms with Gasteiger partial charge in [-0.1, -0.05) is 17.8 Å². The Morgan fingerprint density at radius 3 is 3.00 bits per heavy atom. The molecule has 3 aromatic rings. The summed E-state index contributed by atoms with van der Waals surface area (Å²) in [6.45, 7) is 2.00. The zero-order valence-electron chi connectivity index (χ0n) is 11.7. The molecule has 3 heterocycles. The molecule has 3 rings (SSSR count). The first-order valence-corrected chi connectivity index (χ1v) is 9.23. The highest BCUT2D eigenvalue weighted by atomic mass is 32.2. The number of H-pyrrole nitrogens is 1. The summed E-state index contributed by atoms with van der Waals surface area (Å²) >= 11 is 4.46. The molecular formula is C14H13N3O2S3. The van der Waals surface area contributed by atoms with E-state index in [1.807, 2.05) is 24.4 Å². The fraction of sp³-hybridized carbons (Fsp3) is 0.214. The quantitative estimate of drug-likeness (QED) is 0.546. The highest BCUT2D eigenvalue weighted by molar-refractivity contribution is 7.99. The van der Waals surface area contributed by atoms with Crippen molar-refractivity contribution in [1.29, 1.82) is 0 Å². The third kappa shape index (κ3) is 2.94. The lowest BCUT2D eigenvalue weighted by Crippen LogP contribution is -2.12. The first kappa shape index (κ1) is 15.3. The van der Waals surface area contributed by atoms with Crippen molar-refractivity contribution in [3.8, 4) is 10.4 Å². The van der Waals surface area contributed by atoms with Crippen LogP contribution in [0.5, 0.6) is 0 Å². The Kier molecular flexibility index (Phi) is 4.32. The van der Waals surface area contributed by atoms with Crippen LogP contribution in [0, 0.1) is 6.92 Å². The number of rotatable bonds is 5. The summed E-state index contributed by atoms with van der Waals surface area (Å²) in [5.41, 5.74) is 5.94. The van der Waals surface area contributed by atoms with Crippen LogP contribution in [-0.2, 0) is 4.79 Å². The molecule has 0 saturated heterocycles. The summed E-state index contributed by atoms with van der Waals surface area (Å²) in [5.74, 6) is 0.147. The fourth-order valence-electron chi connectivity index (χ4n) is 2.13. The van der Waals surface area contributed by atoms with Crippen molar-refractivity contribution in [2.45, 2.75) is 18.5 Å². The van der Waals surface area contributed by atoms with Gasteiger partial charge in [-0.2, -0.15) is 0 Å². The van der Waals surface area contributed by atoms with E-state index in [-0.39, 0.29) is 17.9 Å². The van der Waals surface area contributed by atoms with Gasteiger partial charge in [-0.25, -0.2) is 4.98 Å². The highest BCUT2D eigenvalue weighted by Crippen LogP contribution is 2.38. The van der Waals surface area contributed by atoms with Gasteiger partial charge in [0.2, 0.25) is 5.91 Å². The topological polar surface area (TPSA) is 88.8 Å². The lowest BCUT2D eigenvalue weighted by atomic mass is 10.1. The summed E-state index contributed by atoms with van der Waals surface area (Å²) in [4.78, 5) is 33.4.